The van der Waals surface area contributed by atoms with E-state index in [-0.39, 0.29) is 0 Å². The molecule has 0 aliphatic carbocycles. The molecule has 0 aromatic carbocycles. The lowest BCUT2D eigenvalue weighted by Gasteiger charge is -2.08. The highest BCUT2D eigenvalue weighted by atomic mass is 16.1. The lowest BCUT2D eigenvalue weighted by atomic mass is 10.2. The molecule has 0 saturated carbocycles. The molecule has 0 atom stereocenters. The van der Waals surface area contributed by atoms with E-state index in [9.17, 15) is 4.79 Å². The molecule has 0 amide bonds. The summed E-state index contributed by atoms with van der Waals surface area (Å²) >= 11 is 0. The van der Waals surface area contributed by atoms with Crippen LogP contribution in [0.2, 0.25) is 0 Å². The second kappa shape index (κ2) is 6.29. The molecule has 0 saturated heterocycles. The lowest BCUT2D eigenvalue weighted by molar-refractivity contribution is 0.112. The first-order valence-corrected chi connectivity index (χ1v) is 6.45. The number of anilines is 2. The van der Waals surface area contributed by atoms with Gasteiger partial charge in [0.25, 0.3) is 0 Å². The van der Waals surface area contributed by atoms with Crippen LogP contribution < -0.4 is 5.32 Å². The Morgan fingerprint density at radius 3 is 2.90 bits per heavy atom. The zero-order chi connectivity index (χ0) is 14.5. The summed E-state index contributed by atoms with van der Waals surface area (Å²) in [5.41, 5.74) is 3.06. The second-order valence-electron chi connectivity index (χ2n) is 4.90. The molecule has 6 heteroatoms. The monoisotopic (exact) mass is 273 g/mol. The van der Waals surface area contributed by atoms with Crippen LogP contribution in [0.4, 0.5) is 11.4 Å². The van der Waals surface area contributed by atoms with Gasteiger partial charge in [-0.25, -0.2) is 0 Å². The van der Waals surface area contributed by atoms with Crippen LogP contribution in [-0.2, 0) is 6.54 Å². The van der Waals surface area contributed by atoms with Gasteiger partial charge in [-0.05, 0) is 27.1 Å². The number of carbonyl (C=O) groups is 1. The minimum absolute atomic E-state index is 0.584. The van der Waals surface area contributed by atoms with E-state index in [4.69, 9.17) is 0 Å². The average Bonchev–Trinajstić information content (AvgIpc) is 2.78. The number of nitrogens with zero attached hydrogens (tertiary/aromatic N) is 4. The number of pyridine rings is 1. The topological polar surface area (TPSA) is 63.1 Å². The Morgan fingerprint density at radius 1 is 1.40 bits per heavy atom. The summed E-state index contributed by atoms with van der Waals surface area (Å²) in [5, 5.41) is 7.66. The van der Waals surface area contributed by atoms with Crippen LogP contribution in [0, 0.1) is 6.92 Å². The third-order valence-electron chi connectivity index (χ3n) is 2.97. The maximum atomic E-state index is 11.0. The Labute approximate surface area is 118 Å². The second-order valence-corrected chi connectivity index (χ2v) is 4.90. The fourth-order valence-corrected chi connectivity index (χ4v) is 1.82. The summed E-state index contributed by atoms with van der Waals surface area (Å²) < 4.78 is 1.90. The number of nitrogens with one attached hydrogen (secondary N) is 1. The molecular weight excluding hydrogens is 254 g/mol. The number of hydrogen-bond acceptors (Lipinski definition) is 5. The maximum absolute atomic E-state index is 11.0. The summed E-state index contributed by atoms with van der Waals surface area (Å²) in [7, 11) is 4.06. The molecule has 106 valence electrons. The van der Waals surface area contributed by atoms with Crippen molar-refractivity contribution in [3.63, 3.8) is 0 Å². The Morgan fingerprint density at radius 2 is 2.20 bits per heavy atom. The maximum Gasteiger partial charge on any atom is 0.152 e. The van der Waals surface area contributed by atoms with Gasteiger partial charge in [-0.1, -0.05) is 0 Å². The quantitative estimate of drug-likeness (QED) is 0.812. The highest BCUT2D eigenvalue weighted by Gasteiger charge is 2.08. The molecule has 0 unspecified atom stereocenters. The molecule has 0 aliphatic rings. The minimum Gasteiger partial charge on any atom is -0.351 e. The van der Waals surface area contributed by atoms with Gasteiger partial charge in [0.15, 0.2) is 6.29 Å². The van der Waals surface area contributed by atoms with Crippen molar-refractivity contribution >= 4 is 17.7 Å². The molecule has 2 aromatic rings. The predicted octanol–water partition coefficient (Wildman–Crippen LogP) is 1.70. The molecule has 2 aromatic heterocycles. The smallest absolute Gasteiger partial charge is 0.152 e. The summed E-state index contributed by atoms with van der Waals surface area (Å²) in [6.07, 6.45) is 6.00. The van der Waals surface area contributed by atoms with Crippen molar-refractivity contribution in [2.75, 3.05) is 26.0 Å². The largest absolute Gasteiger partial charge is 0.351 e. The van der Waals surface area contributed by atoms with Gasteiger partial charge in [-0.2, -0.15) is 5.10 Å². The summed E-state index contributed by atoms with van der Waals surface area (Å²) in [5.74, 6) is 0. The zero-order valence-electron chi connectivity index (χ0n) is 12.0. The van der Waals surface area contributed by atoms with Crippen LogP contribution in [0.3, 0.4) is 0 Å². The van der Waals surface area contributed by atoms with Gasteiger partial charge in [0.2, 0.25) is 0 Å². The van der Waals surface area contributed by atoms with Crippen LogP contribution in [0.15, 0.2) is 24.7 Å². The van der Waals surface area contributed by atoms with E-state index in [1.54, 1.807) is 18.5 Å². The number of aryl methyl sites for hydroxylation is 1. The fourth-order valence-electron chi connectivity index (χ4n) is 1.82. The highest BCUT2D eigenvalue weighted by molar-refractivity contribution is 5.85. The minimum atomic E-state index is 0.584. The summed E-state index contributed by atoms with van der Waals surface area (Å²) in [6.45, 7) is 3.68. The van der Waals surface area contributed by atoms with Gasteiger partial charge in [-0.15, -0.1) is 0 Å². The average molecular weight is 273 g/mol. The Bertz CT molecular complexity index is 591. The molecule has 0 radical (unpaired) electrons. The van der Waals surface area contributed by atoms with Gasteiger partial charge in [0.05, 0.1) is 29.8 Å². The van der Waals surface area contributed by atoms with Gasteiger partial charge in [-0.3, -0.25) is 14.5 Å². The first-order chi connectivity index (χ1) is 9.60. The van der Waals surface area contributed by atoms with Crippen molar-refractivity contribution in [2.24, 2.45) is 0 Å². The lowest BCUT2D eigenvalue weighted by Crippen LogP contribution is -2.18. The Kier molecular flexibility index (Phi) is 4.47. The van der Waals surface area contributed by atoms with Crippen LogP contribution in [-0.4, -0.2) is 46.6 Å². The van der Waals surface area contributed by atoms with Gasteiger partial charge < -0.3 is 10.2 Å². The SMILES string of the molecule is Cc1nn(CCN(C)C)cc1Nc1cnccc1C=O. The van der Waals surface area contributed by atoms with Gasteiger partial charge in [0.1, 0.15) is 0 Å². The normalized spacial score (nSPS) is 10.8. The molecular formula is C14H19N5O. The van der Waals surface area contributed by atoms with Gasteiger partial charge >= 0.3 is 0 Å². The number of aldehydes is 1. The van der Waals surface area contributed by atoms with Crippen LogP contribution in [0.25, 0.3) is 0 Å². The molecule has 0 fully saturated rings. The fraction of sp³-hybridized carbons (Fsp3) is 0.357. The van der Waals surface area contributed by atoms with E-state index in [1.807, 2.05) is 31.9 Å². The molecule has 6 nitrogen and oxygen atoms in total. The standard InChI is InChI=1S/C14H19N5O/c1-11-14(9-19(17-11)7-6-18(2)3)16-13-8-15-5-4-12(13)10-20/h4-5,8-10,16H,6-7H2,1-3H3. The molecule has 0 bridgehead atoms. The van der Waals surface area contributed by atoms with E-state index < -0.39 is 0 Å². The molecule has 0 aliphatic heterocycles. The van der Waals surface area contributed by atoms with Crippen molar-refractivity contribution in [2.45, 2.75) is 13.5 Å². The number of carbonyl (C=O) groups excluding carboxylic acids is 1. The number of rotatable bonds is 6. The molecule has 2 heterocycles. The van der Waals surface area contributed by atoms with Crippen LogP contribution in [0.1, 0.15) is 16.1 Å². The number of hydrogen-bond donors (Lipinski definition) is 1. The van der Waals surface area contributed by atoms with Crippen molar-refractivity contribution in [3.05, 3.63) is 35.9 Å². The molecule has 0 spiro atoms. The number of aromatic nitrogens is 3. The van der Waals surface area contributed by atoms with E-state index >= 15 is 0 Å². The van der Waals surface area contributed by atoms with E-state index in [2.05, 4.69) is 20.3 Å². The van der Waals surface area contributed by atoms with Gasteiger partial charge in [0, 0.05) is 24.5 Å². The number of likely N-dealkylation sites (N-methyl/N-ethyl adjacent to an activating group) is 1. The first kappa shape index (κ1) is 14.2. The van der Waals surface area contributed by atoms with Crippen LogP contribution in [0.5, 0.6) is 0 Å². The Hall–Kier alpha value is -2.21. The van der Waals surface area contributed by atoms with Crippen molar-refractivity contribution in [3.8, 4) is 0 Å². The molecule has 2 rings (SSSR count). The molecule has 20 heavy (non-hydrogen) atoms. The highest BCUT2D eigenvalue weighted by Crippen LogP contribution is 2.21. The van der Waals surface area contributed by atoms with E-state index in [1.165, 1.54) is 0 Å². The summed E-state index contributed by atoms with van der Waals surface area (Å²) in [4.78, 5) is 17.1. The van der Waals surface area contributed by atoms with Crippen molar-refractivity contribution < 1.29 is 4.79 Å². The molecule has 1 N–H and O–H groups in total. The van der Waals surface area contributed by atoms with E-state index in [0.29, 0.717) is 11.3 Å². The summed E-state index contributed by atoms with van der Waals surface area (Å²) in [6, 6.07) is 1.68. The third kappa shape index (κ3) is 3.42. The van der Waals surface area contributed by atoms with E-state index in [0.717, 1.165) is 30.8 Å². The predicted molar refractivity (Wildman–Crippen MR) is 78.4 cm³/mol. The first-order valence-electron chi connectivity index (χ1n) is 6.45. The van der Waals surface area contributed by atoms with Crippen molar-refractivity contribution in [1.29, 1.82) is 0 Å². The Balaban J connectivity index is 2.15. The van der Waals surface area contributed by atoms with Crippen molar-refractivity contribution in [1.82, 2.24) is 19.7 Å². The van der Waals surface area contributed by atoms with Crippen LogP contribution >= 0.6 is 0 Å². The zero-order valence-corrected chi connectivity index (χ0v) is 12.0. The third-order valence-corrected chi connectivity index (χ3v) is 2.97.